The van der Waals surface area contributed by atoms with Crippen molar-refractivity contribution in [3.63, 3.8) is 0 Å². The molecule has 3 heteroatoms. The van der Waals surface area contributed by atoms with Gasteiger partial charge in [-0.1, -0.05) is 19.1 Å². The zero-order valence-electron chi connectivity index (χ0n) is 10.6. The van der Waals surface area contributed by atoms with Gasteiger partial charge in [-0.3, -0.25) is 0 Å². The summed E-state index contributed by atoms with van der Waals surface area (Å²) in [4.78, 5) is 4.55. The lowest BCUT2D eigenvalue weighted by Crippen LogP contribution is -2.18. The first kappa shape index (κ1) is 11.3. The molecule has 0 aliphatic carbocycles. The number of imidazole rings is 1. The molecule has 3 rings (SSSR count). The topological polar surface area (TPSA) is 38.0 Å². The lowest BCUT2D eigenvalue weighted by atomic mass is 9.98. The Bertz CT molecular complexity index is 542. The van der Waals surface area contributed by atoms with Crippen molar-refractivity contribution in [3.8, 4) is 5.75 Å². The van der Waals surface area contributed by atoms with Crippen LogP contribution in [0, 0.1) is 5.92 Å². The highest BCUT2D eigenvalue weighted by atomic mass is 16.3. The summed E-state index contributed by atoms with van der Waals surface area (Å²) in [7, 11) is 0. The number of hydrogen-bond acceptors (Lipinski definition) is 2. The summed E-state index contributed by atoms with van der Waals surface area (Å²) in [6.07, 6.45) is 5.24. The second-order valence-corrected chi connectivity index (χ2v) is 5.26. The molecule has 0 bridgehead atoms. The summed E-state index contributed by atoms with van der Waals surface area (Å²) in [5.41, 5.74) is 2.56. The Morgan fingerprint density at radius 1 is 1.33 bits per heavy atom. The molecule has 94 valence electrons. The number of phenolic OH excluding ortho intramolecular Hbond substituents is 1. The molecule has 0 amide bonds. The van der Waals surface area contributed by atoms with Gasteiger partial charge in [0.1, 0.15) is 11.6 Å². The quantitative estimate of drug-likeness (QED) is 0.879. The predicted molar refractivity (Wildman–Crippen MR) is 70.6 cm³/mol. The van der Waals surface area contributed by atoms with Crippen molar-refractivity contribution < 1.29 is 5.11 Å². The molecular formula is C15H18N2O. The molecule has 1 aromatic heterocycles. The number of nitrogens with zero attached hydrogens (tertiary/aromatic N) is 2. The number of aromatic nitrogens is 2. The van der Waals surface area contributed by atoms with E-state index in [-0.39, 0.29) is 0 Å². The van der Waals surface area contributed by atoms with Gasteiger partial charge in [0.2, 0.25) is 0 Å². The smallest absolute Gasteiger partial charge is 0.115 e. The van der Waals surface area contributed by atoms with Crippen molar-refractivity contribution in [2.24, 2.45) is 5.92 Å². The number of rotatable bonds is 2. The van der Waals surface area contributed by atoms with E-state index in [2.05, 4.69) is 16.5 Å². The van der Waals surface area contributed by atoms with E-state index in [1.807, 2.05) is 18.3 Å². The highest BCUT2D eigenvalue weighted by molar-refractivity contribution is 5.28. The van der Waals surface area contributed by atoms with E-state index in [9.17, 15) is 5.11 Å². The third kappa shape index (κ3) is 2.13. The molecule has 0 saturated carbocycles. The summed E-state index contributed by atoms with van der Waals surface area (Å²) < 4.78 is 2.35. The second-order valence-electron chi connectivity index (χ2n) is 5.26. The third-order valence-corrected chi connectivity index (χ3v) is 3.72. The molecule has 0 saturated heterocycles. The SMILES string of the molecule is CC1CCn2c(cnc2Cc2ccc(O)cc2)C1. The van der Waals surface area contributed by atoms with E-state index < -0.39 is 0 Å². The van der Waals surface area contributed by atoms with Crippen molar-refractivity contribution in [3.05, 3.63) is 47.5 Å². The zero-order valence-corrected chi connectivity index (χ0v) is 10.6. The Hall–Kier alpha value is -1.77. The largest absolute Gasteiger partial charge is 0.508 e. The van der Waals surface area contributed by atoms with Crippen molar-refractivity contribution in [2.45, 2.75) is 32.7 Å². The standard InChI is InChI=1S/C15H18N2O/c1-11-6-7-17-13(8-11)10-16-15(17)9-12-2-4-14(18)5-3-12/h2-5,10-11,18H,6-9H2,1H3. The van der Waals surface area contributed by atoms with Gasteiger partial charge in [-0.25, -0.2) is 4.98 Å². The van der Waals surface area contributed by atoms with Crippen LogP contribution in [0.25, 0.3) is 0 Å². The maximum atomic E-state index is 9.28. The number of aromatic hydroxyl groups is 1. The van der Waals surface area contributed by atoms with Gasteiger partial charge in [-0.05, 0) is 36.5 Å². The van der Waals surface area contributed by atoms with Gasteiger partial charge in [0.05, 0.1) is 0 Å². The van der Waals surface area contributed by atoms with E-state index in [1.165, 1.54) is 17.7 Å². The first-order valence-electron chi connectivity index (χ1n) is 6.53. The number of hydrogen-bond donors (Lipinski definition) is 1. The fourth-order valence-corrected chi connectivity index (χ4v) is 2.64. The van der Waals surface area contributed by atoms with Crippen LogP contribution in [0.4, 0.5) is 0 Å². The minimum absolute atomic E-state index is 0.317. The highest BCUT2D eigenvalue weighted by Crippen LogP contribution is 2.22. The Kier molecular flexibility index (Phi) is 2.82. The van der Waals surface area contributed by atoms with Crippen molar-refractivity contribution in [1.82, 2.24) is 9.55 Å². The molecule has 0 radical (unpaired) electrons. The summed E-state index contributed by atoms with van der Waals surface area (Å²) in [6.45, 7) is 3.39. The summed E-state index contributed by atoms with van der Waals surface area (Å²) in [6, 6.07) is 7.39. The average Bonchev–Trinajstić information content (AvgIpc) is 2.74. The van der Waals surface area contributed by atoms with E-state index in [4.69, 9.17) is 0 Å². The maximum absolute atomic E-state index is 9.28. The van der Waals surface area contributed by atoms with Gasteiger partial charge in [-0.2, -0.15) is 0 Å². The van der Waals surface area contributed by atoms with Gasteiger partial charge < -0.3 is 9.67 Å². The maximum Gasteiger partial charge on any atom is 0.115 e. The van der Waals surface area contributed by atoms with Gasteiger partial charge >= 0.3 is 0 Å². The van der Waals surface area contributed by atoms with Crippen LogP contribution in [0.15, 0.2) is 30.5 Å². The Balaban J connectivity index is 1.83. The summed E-state index contributed by atoms with van der Waals surface area (Å²) in [5, 5.41) is 9.28. The van der Waals surface area contributed by atoms with E-state index in [1.54, 1.807) is 12.1 Å². The molecule has 3 nitrogen and oxygen atoms in total. The molecule has 2 aromatic rings. The van der Waals surface area contributed by atoms with Crippen LogP contribution < -0.4 is 0 Å². The van der Waals surface area contributed by atoms with Gasteiger partial charge in [0.25, 0.3) is 0 Å². The van der Waals surface area contributed by atoms with E-state index in [0.29, 0.717) is 5.75 Å². The predicted octanol–water partition coefficient (Wildman–Crippen LogP) is 2.76. The molecule has 0 spiro atoms. The van der Waals surface area contributed by atoms with Crippen LogP contribution in [0.2, 0.25) is 0 Å². The second kappa shape index (κ2) is 4.48. The molecule has 1 N–H and O–H groups in total. The van der Waals surface area contributed by atoms with Crippen LogP contribution >= 0.6 is 0 Å². The summed E-state index contributed by atoms with van der Waals surface area (Å²) >= 11 is 0. The first-order valence-corrected chi connectivity index (χ1v) is 6.53. The normalized spacial score (nSPS) is 18.6. The molecule has 1 unspecified atom stereocenters. The van der Waals surface area contributed by atoms with Crippen molar-refractivity contribution >= 4 is 0 Å². The Labute approximate surface area is 107 Å². The zero-order chi connectivity index (χ0) is 12.5. The average molecular weight is 242 g/mol. The fraction of sp³-hybridized carbons (Fsp3) is 0.400. The van der Waals surface area contributed by atoms with Crippen LogP contribution in [-0.2, 0) is 19.4 Å². The van der Waals surface area contributed by atoms with Crippen LogP contribution in [-0.4, -0.2) is 14.7 Å². The number of phenols is 1. The monoisotopic (exact) mass is 242 g/mol. The number of fused-ring (bicyclic) bond motifs is 1. The third-order valence-electron chi connectivity index (χ3n) is 3.72. The van der Waals surface area contributed by atoms with Gasteiger partial charge in [0, 0.05) is 24.9 Å². The fourth-order valence-electron chi connectivity index (χ4n) is 2.64. The van der Waals surface area contributed by atoms with E-state index >= 15 is 0 Å². The molecule has 1 aliphatic rings. The molecular weight excluding hydrogens is 224 g/mol. The minimum atomic E-state index is 0.317. The van der Waals surface area contributed by atoms with Crippen LogP contribution in [0.5, 0.6) is 5.75 Å². The van der Waals surface area contributed by atoms with Gasteiger partial charge in [-0.15, -0.1) is 0 Å². The van der Waals surface area contributed by atoms with Crippen LogP contribution in [0.3, 0.4) is 0 Å². The summed E-state index contributed by atoms with van der Waals surface area (Å²) in [5.74, 6) is 2.23. The Morgan fingerprint density at radius 3 is 2.89 bits per heavy atom. The number of benzene rings is 1. The lowest BCUT2D eigenvalue weighted by molar-refractivity contribution is 0.410. The first-order chi connectivity index (χ1) is 8.72. The molecule has 1 aromatic carbocycles. The molecule has 2 heterocycles. The molecule has 0 fully saturated rings. The molecule has 1 atom stereocenters. The van der Waals surface area contributed by atoms with Crippen molar-refractivity contribution in [2.75, 3.05) is 0 Å². The highest BCUT2D eigenvalue weighted by Gasteiger charge is 2.18. The Morgan fingerprint density at radius 2 is 2.11 bits per heavy atom. The molecule has 18 heavy (non-hydrogen) atoms. The van der Waals surface area contributed by atoms with Crippen LogP contribution in [0.1, 0.15) is 30.4 Å². The lowest BCUT2D eigenvalue weighted by Gasteiger charge is -2.21. The van der Waals surface area contributed by atoms with Gasteiger partial charge in [0.15, 0.2) is 0 Å². The van der Waals surface area contributed by atoms with E-state index in [0.717, 1.165) is 31.1 Å². The molecule has 1 aliphatic heterocycles. The minimum Gasteiger partial charge on any atom is -0.508 e. The van der Waals surface area contributed by atoms with Crippen molar-refractivity contribution in [1.29, 1.82) is 0 Å².